The summed E-state index contributed by atoms with van der Waals surface area (Å²) in [5.74, 6) is 0.356. The minimum Gasteiger partial charge on any atom is -0.489 e. The molecule has 0 saturated heterocycles. The van der Waals surface area contributed by atoms with Gasteiger partial charge in [-0.05, 0) is 17.7 Å². The van der Waals surface area contributed by atoms with E-state index in [4.69, 9.17) is 21.6 Å². The number of nitriles is 1. The van der Waals surface area contributed by atoms with E-state index < -0.39 is 0 Å². The number of rotatable bonds is 2. The molecule has 2 heterocycles. The predicted molar refractivity (Wildman–Crippen MR) is 83.0 cm³/mol. The lowest BCUT2D eigenvalue weighted by Gasteiger charge is -2.30. The SMILES string of the molecule is N#Cc1ccc(-c2cncc3c2OCCN3C(=O)CCl)cc1. The lowest BCUT2D eigenvalue weighted by molar-refractivity contribution is -0.116. The topological polar surface area (TPSA) is 66.2 Å². The monoisotopic (exact) mass is 313 g/mol. The van der Waals surface area contributed by atoms with Crippen molar-refractivity contribution in [3.05, 3.63) is 42.2 Å². The van der Waals surface area contributed by atoms with Crippen molar-refractivity contribution in [1.82, 2.24) is 4.98 Å². The van der Waals surface area contributed by atoms with Gasteiger partial charge in [0.2, 0.25) is 5.91 Å². The Balaban J connectivity index is 2.07. The fourth-order valence-electron chi connectivity index (χ4n) is 2.40. The van der Waals surface area contributed by atoms with Gasteiger partial charge in [-0.1, -0.05) is 12.1 Å². The van der Waals surface area contributed by atoms with Gasteiger partial charge in [-0.15, -0.1) is 11.6 Å². The van der Waals surface area contributed by atoms with Crippen LogP contribution in [0.3, 0.4) is 0 Å². The van der Waals surface area contributed by atoms with Crippen LogP contribution < -0.4 is 9.64 Å². The first kappa shape index (κ1) is 14.4. The standard InChI is InChI=1S/C16H12ClN3O2/c17-7-15(21)20-5-6-22-16-13(9-19-10-14(16)20)12-3-1-11(8-18)2-4-12/h1-4,9-10H,5-7H2. The van der Waals surface area contributed by atoms with Crippen LogP contribution in [0.5, 0.6) is 5.75 Å². The van der Waals surface area contributed by atoms with E-state index in [-0.39, 0.29) is 11.8 Å². The van der Waals surface area contributed by atoms with Crippen molar-refractivity contribution in [3.8, 4) is 22.9 Å². The Morgan fingerprint density at radius 2 is 2.14 bits per heavy atom. The van der Waals surface area contributed by atoms with Crippen LogP contribution in [0.2, 0.25) is 0 Å². The lowest BCUT2D eigenvalue weighted by Crippen LogP contribution is -2.38. The Bertz CT molecular complexity index is 753. The molecule has 22 heavy (non-hydrogen) atoms. The molecule has 0 aliphatic carbocycles. The van der Waals surface area contributed by atoms with E-state index in [1.54, 1.807) is 29.4 Å². The summed E-state index contributed by atoms with van der Waals surface area (Å²) in [6.45, 7) is 0.861. The van der Waals surface area contributed by atoms with Crippen LogP contribution in [-0.2, 0) is 4.79 Å². The Kier molecular flexibility index (Phi) is 3.94. The van der Waals surface area contributed by atoms with Crippen LogP contribution >= 0.6 is 11.6 Å². The van der Waals surface area contributed by atoms with Crippen LogP contribution in [0.25, 0.3) is 11.1 Å². The molecule has 1 aromatic carbocycles. The third-order valence-electron chi connectivity index (χ3n) is 3.47. The highest BCUT2D eigenvalue weighted by atomic mass is 35.5. The van der Waals surface area contributed by atoms with E-state index in [1.807, 2.05) is 12.1 Å². The highest BCUT2D eigenvalue weighted by Crippen LogP contribution is 2.39. The highest BCUT2D eigenvalue weighted by molar-refractivity contribution is 6.29. The molecule has 0 fully saturated rings. The number of hydrogen-bond acceptors (Lipinski definition) is 4. The summed E-state index contributed by atoms with van der Waals surface area (Å²) in [6, 6.07) is 9.22. The smallest absolute Gasteiger partial charge is 0.242 e. The molecule has 1 aromatic heterocycles. The molecular formula is C16H12ClN3O2. The van der Waals surface area contributed by atoms with Crippen LogP contribution in [0, 0.1) is 11.3 Å². The third kappa shape index (κ3) is 2.49. The number of amides is 1. The average Bonchev–Trinajstić information content (AvgIpc) is 2.60. The van der Waals surface area contributed by atoms with Gasteiger partial charge in [0.1, 0.15) is 18.2 Å². The number of pyridine rings is 1. The van der Waals surface area contributed by atoms with Crippen molar-refractivity contribution in [2.45, 2.75) is 0 Å². The van der Waals surface area contributed by atoms with Crippen molar-refractivity contribution in [2.75, 3.05) is 23.9 Å². The number of ether oxygens (including phenoxy) is 1. The first-order valence-corrected chi connectivity index (χ1v) is 7.25. The number of hydrogen-bond donors (Lipinski definition) is 0. The molecular weight excluding hydrogens is 302 g/mol. The van der Waals surface area contributed by atoms with Crippen LogP contribution in [0.4, 0.5) is 5.69 Å². The molecule has 3 rings (SSSR count). The fourth-order valence-corrected chi connectivity index (χ4v) is 2.55. The molecule has 6 heteroatoms. The number of alkyl halides is 1. The molecule has 0 bridgehead atoms. The second-order valence-electron chi connectivity index (χ2n) is 4.75. The molecule has 0 spiro atoms. The van der Waals surface area contributed by atoms with E-state index in [2.05, 4.69) is 11.1 Å². The van der Waals surface area contributed by atoms with Gasteiger partial charge in [0.05, 0.1) is 24.4 Å². The van der Waals surface area contributed by atoms with E-state index in [0.29, 0.717) is 30.2 Å². The van der Waals surface area contributed by atoms with Gasteiger partial charge in [-0.3, -0.25) is 9.78 Å². The predicted octanol–water partition coefficient (Wildman–Crippen LogP) is 2.58. The molecule has 1 amide bonds. The number of carbonyl (C=O) groups excluding carboxylic acids is 1. The van der Waals surface area contributed by atoms with Crippen LogP contribution in [0.1, 0.15) is 5.56 Å². The second-order valence-corrected chi connectivity index (χ2v) is 5.02. The van der Waals surface area contributed by atoms with Gasteiger partial charge in [0.25, 0.3) is 0 Å². The van der Waals surface area contributed by atoms with E-state index in [0.717, 1.165) is 11.1 Å². The summed E-state index contributed by atoms with van der Waals surface area (Å²) >= 11 is 5.66. The summed E-state index contributed by atoms with van der Waals surface area (Å²) in [4.78, 5) is 17.7. The third-order valence-corrected chi connectivity index (χ3v) is 3.70. The number of aromatic nitrogens is 1. The van der Waals surface area contributed by atoms with Gasteiger partial charge < -0.3 is 9.64 Å². The normalized spacial score (nSPS) is 13.0. The summed E-state index contributed by atoms with van der Waals surface area (Å²) < 4.78 is 5.75. The molecule has 0 atom stereocenters. The van der Waals surface area contributed by atoms with E-state index in [9.17, 15) is 4.79 Å². The molecule has 0 saturated carbocycles. The molecule has 2 aromatic rings. The lowest BCUT2D eigenvalue weighted by atomic mass is 10.0. The van der Waals surface area contributed by atoms with Crippen molar-refractivity contribution < 1.29 is 9.53 Å². The number of nitrogens with zero attached hydrogens (tertiary/aromatic N) is 3. The zero-order chi connectivity index (χ0) is 15.5. The van der Waals surface area contributed by atoms with E-state index >= 15 is 0 Å². The van der Waals surface area contributed by atoms with Crippen molar-refractivity contribution >= 4 is 23.2 Å². The van der Waals surface area contributed by atoms with Crippen LogP contribution in [-0.4, -0.2) is 29.9 Å². The van der Waals surface area contributed by atoms with Gasteiger partial charge in [-0.2, -0.15) is 5.26 Å². The number of carbonyl (C=O) groups is 1. The second kappa shape index (κ2) is 6.04. The molecule has 110 valence electrons. The summed E-state index contributed by atoms with van der Waals surface area (Å²) in [5, 5.41) is 8.87. The zero-order valence-corrected chi connectivity index (χ0v) is 12.4. The number of benzene rings is 1. The summed E-state index contributed by atoms with van der Waals surface area (Å²) in [5.41, 5.74) is 2.87. The number of fused-ring (bicyclic) bond motifs is 1. The molecule has 0 radical (unpaired) electrons. The van der Waals surface area contributed by atoms with Crippen molar-refractivity contribution in [2.24, 2.45) is 0 Å². The molecule has 1 aliphatic rings. The zero-order valence-electron chi connectivity index (χ0n) is 11.6. The van der Waals surface area contributed by atoms with Gasteiger partial charge in [0, 0.05) is 11.8 Å². The first-order valence-electron chi connectivity index (χ1n) is 6.72. The largest absolute Gasteiger partial charge is 0.489 e. The minimum atomic E-state index is -0.176. The Hall–Kier alpha value is -2.58. The molecule has 0 N–H and O–H groups in total. The van der Waals surface area contributed by atoms with Gasteiger partial charge in [0.15, 0.2) is 5.75 Å². The first-order chi connectivity index (χ1) is 10.7. The average molecular weight is 314 g/mol. The Labute approximate surface area is 132 Å². The quantitative estimate of drug-likeness (QED) is 0.799. The van der Waals surface area contributed by atoms with Gasteiger partial charge in [-0.25, -0.2) is 0 Å². The highest BCUT2D eigenvalue weighted by Gasteiger charge is 2.26. The Morgan fingerprint density at radius 1 is 1.36 bits per heavy atom. The number of anilines is 1. The molecule has 0 unspecified atom stereocenters. The van der Waals surface area contributed by atoms with Crippen molar-refractivity contribution in [3.63, 3.8) is 0 Å². The maximum atomic E-state index is 11.9. The fraction of sp³-hybridized carbons (Fsp3) is 0.188. The van der Waals surface area contributed by atoms with Crippen molar-refractivity contribution in [1.29, 1.82) is 5.26 Å². The van der Waals surface area contributed by atoms with E-state index in [1.165, 1.54) is 0 Å². The summed E-state index contributed by atoms with van der Waals surface area (Å²) in [7, 11) is 0. The maximum Gasteiger partial charge on any atom is 0.242 e. The van der Waals surface area contributed by atoms with Crippen LogP contribution in [0.15, 0.2) is 36.7 Å². The van der Waals surface area contributed by atoms with Gasteiger partial charge >= 0.3 is 0 Å². The number of halogens is 1. The molecule has 1 aliphatic heterocycles. The Morgan fingerprint density at radius 3 is 2.82 bits per heavy atom. The summed E-state index contributed by atoms with van der Waals surface area (Å²) in [6.07, 6.45) is 3.29. The molecule has 5 nitrogen and oxygen atoms in total. The minimum absolute atomic E-state index is 0.0828. The maximum absolute atomic E-state index is 11.9.